The summed E-state index contributed by atoms with van der Waals surface area (Å²) < 4.78 is 34.4. The van der Waals surface area contributed by atoms with Gasteiger partial charge in [0.2, 0.25) is 0 Å². The van der Waals surface area contributed by atoms with Crippen molar-refractivity contribution in [2.75, 3.05) is 41.7 Å². The molecule has 0 spiro atoms. The summed E-state index contributed by atoms with van der Waals surface area (Å²) in [7, 11) is 6.31. The van der Waals surface area contributed by atoms with E-state index in [0.717, 1.165) is 15.1 Å². The molecule has 7 nitrogen and oxygen atoms in total. The van der Waals surface area contributed by atoms with Crippen LogP contribution < -0.4 is 33.8 Å². The van der Waals surface area contributed by atoms with Gasteiger partial charge < -0.3 is 28.4 Å². The Balaban J connectivity index is 1.54. The van der Waals surface area contributed by atoms with Gasteiger partial charge in [-0.1, -0.05) is 54.3 Å². The maximum absolute atomic E-state index is 13.9. The number of hydrogen-bond donors (Lipinski definition) is 0. The van der Waals surface area contributed by atoms with E-state index in [1.807, 2.05) is 60.7 Å². The van der Waals surface area contributed by atoms with Crippen LogP contribution in [-0.2, 0) is 0 Å². The monoisotopic (exact) mass is 620 g/mol. The quantitative estimate of drug-likeness (QED) is 0.142. The van der Waals surface area contributed by atoms with E-state index in [0.29, 0.717) is 51.0 Å². The number of ether oxygens (including phenoxy) is 6. The fraction of sp³-hybridized carbons (Fsp3) is 0.162. The smallest absolute Gasteiger partial charge is 0.195 e. The van der Waals surface area contributed by atoms with Crippen LogP contribution in [0.15, 0.2) is 101 Å². The third kappa shape index (κ3) is 7.77. The minimum atomic E-state index is -0.0784. The molecule has 0 radical (unpaired) electrons. The average Bonchev–Trinajstić information content (AvgIpc) is 3.09. The molecule has 4 aromatic carbocycles. The molecule has 0 fully saturated rings. The highest BCUT2D eigenvalue weighted by Crippen LogP contribution is 2.33. The summed E-state index contributed by atoms with van der Waals surface area (Å²) in [6.07, 6.45) is 1.81. The first-order valence-electron chi connectivity index (χ1n) is 14.0. The van der Waals surface area contributed by atoms with Crippen LogP contribution in [-0.4, -0.2) is 41.7 Å². The molecule has 1 heterocycles. The molecule has 0 aliphatic rings. The Labute approximate surface area is 266 Å². The zero-order valence-corrected chi connectivity index (χ0v) is 26.2. The van der Waals surface area contributed by atoms with Crippen molar-refractivity contribution in [3.8, 4) is 56.8 Å². The third-order valence-corrected chi connectivity index (χ3v) is 8.03. The van der Waals surface area contributed by atoms with E-state index >= 15 is 0 Å². The second kappa shape index (κ2) is 14.9. The van der Waals surface area contributed by atoms with E-state index in [2.05, 4.69) is 11.8 Å². The molecule has 45 heavy (non-hydrogen) atoms. The maximum atomic E-state index is 13.9. The van der Waals surface area contributed by atoms with Crippen molar-refractivity contribution in [3.05, 3.63) is 112 Å². The predicted octanol–water partition coefficient (Wildman–Crippen LogP) is 7.51. The molecular weight excluding hydrogens is 588 g/mol. The number of methoxy groups -OCH3 is 4. The van der Waals surface area contributed by atoms with E-state index in [9.17, 15) is 4.79 Å². The molecule has 5 rings (SSSR count). The molecule has 0 amide bonds. The van der Waals surface area contributed by atoms with Gasteiger partial charge in [-0.2, -0.15) is 0 Å². The van der Waals surface area contributed by atoms with Gasteiger partial charge in [-0.05, 0) is 23.8 Å². The van der Waals surface area contributed by atoms with Crippen LogP contribution in [0.4, 0.5) is 0 Å². The molecule has 0 saturated carbocycles. The Morgan fingerprint density at radius 3 is 1.82 bits per heavy atom. The molecule has 0 bridgehead atoms. The van der Waals surface area contributed by atoms with Crippen molar-refractivity contribution in [1.82, 2.24) is 0 Å². The van der Waals surface area contributed by atoms with Gasteiger partial charge in [0.05, 0.1) is 28.4 Å². The normalized spacial score (nSPS) is 10.9. The van der Waals surface area contributed by atoms with E-state index < -0.39 is 0 Å². The lowest BCUT2D eigenvalue weighted by molar-refractivity contribution is 0.344. The van der Waals surface area contributed by atoms with Gasteiger partial charge in [-0.15, -0.1) is 11.3 Å². The van der Waals surface area contributed by atoms with Crippen molar-refractivity contribution >= 4 is 27.5 Å². The number of rotatable bonds is 11. The number of hydrogen-bond acceptors (Lipinski definition) is 8. The van der Waals surface area contributed by atoms with Crippen LogP contribution in [0.25, 0.3) is 26.6 Å². The van der Waals surface area contributed by atoms with E-state index in [4.69, 9.17) is 28.4 Å². The minimum absolute atomic E-state index is 0.0784. The second-order valence-corrected chi connectivity index (χ2v) is 10.7. The molecular formula is C37H32O7S. The Morgan fingerprint density at radius 1 is 0.689 bits per heavy atom. The summed E-state index contributed by atoms with van der Waals surface area (Å²) in [6.45, 7) is 0.165. The van der Waals surface area contributed by atoms with Crippen LogP contribution in [0, 0.1) is 11.8 Å². The molecule has 0 atom stereocenters. The lowest BCUT2D eigenvalue weighted by Crippen LogP contribution is -2.08. The van der Waals surface area contributed by atoms with Crippen LogP contribution in [0.1, 0.15) is 5.56 Å². The van der Waals surface area contributed by atoms with Gasteiger partial charge in [0.15, 0.2) is 5.43 Å². The highest BCUT2D eigenvalue weighted by molar-refractivity contribution is 7.21. The average molecular weight is 621 g/mol. The topological polar surface area (TPSA) is 72.5 Å². The summed E-state index contributed by atoms with van der Waals surface area (Å²) in [5, 5.41) is 0.648. The van der Waals surface area contributed by atoms with Crippen LogP contribution in [0.3, 0.4) is 0 Å². The Bertz CT molecular complexity index is 1890. The van der Waals surface area contributed by atoms with Crippen molar-refractivity contribution in [3.63, 3.8) is 0 Å². The number of fused-ring (bicyclic) bond motifs is 1. The van der Waals surface area contributed by atoms with Crippen LogP contribution in [0.2, 0.25) is 0 Å². The van der Waals surface area contributed by atoms with E-state index in [1.165, 1.54) is 0 Å². The second-order valence-electron chi connectivity index (χ2n) is 9.68. The third-order valence-electron chi connectivity index (χ3n) is 6.79. The first kappa shape index (κ1) is 31.0. The number of benzene rings is 4. The van der Waals surface area contributed by atoms with Crippen molar-refractivity contribution in [2.24, 2.45) is 0 Å². The summed E-state index contributed by atoms with van der Waals surface area (Å²) in [5.74, 6) is 9.73. The first-order chi connectivity index (χ1) is 22.0. The van der Waals surface area contributed by atoms with Crippen molar-refractivity contribution < 1.29 is 28.4 Å². The fourth-order valence-corrected chi connectivity index (χ4v) is 5.69. The molecule has 0 aliphatic heterocycles. The van der Waals surface area contributed by atoms with Gasteiger partial charge in [-0.25, -0.2) is 0 Å². The van der Waals surface area contributed by atoms with Gasteiger partial charge in [0, 0.05) is 62.5 Å². The Hall–Kier alpha value is -5.39. The minimum Gasteiger partial charge on any atom is -0.496 e. The summed E-state index contributed by atoms with van der Waals surface area (Å²) in [5.41, 5.74) is 1.99. The van der Waals surface area contributed by atoms with E-state index in [-0.39, 0.29) is 18.6 Å². The molecule has 0 unspecified atom stereocenters. The highest BCUT2D eigenvalue weighted by atomic mass is 32.1. The molecule has 228 valence electrons. The van der Waals surface area contributed by atoms with Gasteiger partial charge >= 0.3 is 0 Å². The molecule has 5 aromatic rings. The zero-order valence-electron chi connectivity index (χ0n) is 25.4. The Kier molecular flexibility index (Phi) is 10.3. The molecule has 8 heteroatoms. The van der Waals surface area contributed by atoms with Crippen molar-refractivity contribution in [1.29, 1.82) is 0 Å². The van der Waals surface area contributed by atoms with Crippen LogP contribution in [0.5, 0.6) is 34.5 Å². The fourth-order valence-electron chi connectivity index (χ4n) is 4.54. The predicted molar refractivity (Wildman–Crippen MR) is 179 cm³/mol. The summed E-state index contributed by atoms with van der Waals surface area (Å²) >= 11 is 1.56. The van der Waals surface area contributed by atoms with Gasteiger partial charge in [0.25, 0.3) is 0 Å². The van der Waals surface area contributed by atoms with Gasteiger partial charge in [0.1, 0.15) is 47.7 Å². The first-order valence-corrected chi connectivity index (χ1v) is 14.9. The van der Waals surface area contributed by atoms with Crippen molar-refractivity contribution in [2.45, 2.75) is 0 Å². The standard InChI is InChI=1S/C37H32O7S/c1-39-27-18-28(40-2)21-31(20-27)43-16-10-11-25(24-44-32-22-29(41-3)19-30(23-32)42-4)17-34-36(38)33-14-8-9-15-35(33)45-37(34)26-12-6-5-7-13-26/h5-9,12-15,17-23H,16,24H2,1-4H3/b25-17+. The van der Waals surface area contributed by atoms with E-state index in [1.54, 1.807) is 76.2 Å². The molecule has 0 saturated heterocycles. The SMILES string of the molecule is COc1cc(OC)cc(OCC#C/C(=C\c2c(-c3ccccc3)sc3ccccc3c2=O)COc2cc(OC)cc(OC)c2)c1. The zero-order chi connectivity index (χ0) is 31.6. The molecule has 0 N–H and O–H groups in total. The molecule has 0 aliphatic carbocycles. The lowest BCUT2D eigenvalue weighted by Gasteiger charge is -2.12. The summed E-state index contributed by atoms with van der Waals surface area (Å²) in [4.78, 5) is 14.8. The Morgan fingerprint density at radius 2 is 1.22 bits per heavy atom. The largest absolute Gasteiger partial charge is 0.496 e. The van der Waals surface area contributed by atoms with Crippen LogP contribution >= 0.6 is 11.3 Å². The van der Waals surface area contributed by atoms with Gasteiger partial charge in [-0.3, -0.25) is 4.79 Å². The molecule has 1 aromatic heterocycles. The summed E-state index contributed by atoms with van der Waals surface area (Å²) in [6, 6.07) is 28.1. The maximum Gasteiger partial charge on any atom is 0.195 e. The highest BCUT2D eigenvalue weighted by Gasteiger charge is 2.14. The lowest BCUT2D eigenvalue weighted by atomic mass is 10.0.